The molecule has 0 aliphatic carbocycles. The van der Waals surface area contributed by atoms with Crippen molar-refractivity contribution >= 4 is 5.69 Å². The van der Waals surface area contributed by atoms with Crippen molar-refractivity contribution in [3.8, 4) is 0 Å². The van der Waals surface area contributed by atoms with Gasteiger partial charge in [-0.05, 0) is 37.1 Å². The van der Waals surface area contributed by atoms with Crippen LogP contribution in [0.15, 0.2) is 18.2 Å². The molecule has 1 N–H and O–H groups in total. The van der Waals surface area contributed by atoms with Crippen LogP contribution in [-0.2, 0) is 6.42 Å². The second-order valence-corrected chi connectivity index (χ2v) is 4.63. The highest BCUT2D eigenvalue weighted by molar-refractivity contribution is 5.58. The van der Waals surface area contributed by atoms with E-state index in [9.17, 15) is 4.39 Å². The van der Waals surface area contributed by atoms with Crippen molar-refractivity contribution in [3.63, 3.8) is 0 Å². The van der Waals surface area contributed by atoms with Gasteiger partial charge in [-0.3, -0.25) is 0 Å². The molecule has 0 saturated carbocycles. The predicted octanol–water partition coefficient (Wildman–Crippen LogP) is 2.58. The quantitative estimate of drug-likeness (QED) is 0.845. The molecule has 2 nitrogen and oxygen atoms in total. The van der Waals surface area contributed by atoms with E-state index in [0.29, 0.717) is 6.04 Å². The number of likely N-dealkylation sites (N-methyl/N-ethyl adjacent to an activating group) is 1. The summed E-state index contributed by atoms with van der Waals surface area (Å²) in [5.74, 6) is -0.132. The molecule has 1 aliphatic heterocycles. The number of nitrogens with zero attached hydrogens (tertiary/aromatic N) is 1. The van der Waals surface area contributed by atoms with Crippen molar-refractivity contribution in [1.29, 1.82) is 0 Å². The van der Waals surface area contributed by atoms with Gasteiger partial charge in [0.1, 0.15) is 5.82 Å². The smallest absolute Gasteiger partial charge is 0.125 e. The number of nitrogens with one attached hydrogen (secondary N) is 1. The topological polar surface area (TPSA) is 15.3 Å². The number of halogens is 1. The van der Waals surface area contributed by atoms with Crippen LogP contribution in [0, 0.1) is 5.82 Å². The Morgan fingerprint density at radius 3 is 2.94 bits per heavy atom. The van der Waals surface area contributed by atoms with E-state index in [1.807, 2.05) is 6.07 Å². The van der Waals surface area contributed by atoms with Crippen LogP contribution in [0.4, 0.5) is 10.1 Å². The van der Waals surface area contributed by atoms with E-state index in [1.54, 1.807) is 12.1 Å². The lowest BCUT2D eigenvalue weighted by molar-refractivity contribution is 0.506. The zero-order valence-corrected chi connectivity index (χ0v) is 10.7. The maximum Gasteiger partial charge on any atom is 0.125 e. The fourth-order valence-corrected chi connectivity index (χ4v) is 2.50. The molecule has 3 heteroatoms. The molecule has 1 aromatic carbocycles. The van der Waals surface area contributed by atoms with Gasteiger partial charge in [0.25, 0.3) is 0 Å². The Labute approximate surface area is 103 Å². The van der Waals surface area contributed by atoms with Crippen molar-refractivity contribution in [2.75, 3.05) is 24.5 Å². The Bertz CT molecular complexity index is 378. The van der Waals surface area contributed by atoms with Crippen LogP contribution in [-0.4, -0.2) is 25.7 Å². The molecule has 0 radical (unpaired) electrons. The van der Waals surface area contributed by atoms with Crippen LogP contribution < -0.4 is 10.2 Å². The summed E-state index contributed by atoms with van der Waals surface area (Å²) in [5.41, 5.74) is 2.36. The van der Waals surface area contributed by atoms with Crippen molar-refractivity contribution in [3.05, 3.63) is 29.6 Å². The summed E-state index contributed by atoms with van der Waals surface area (Å²) >= 11 is 0. The predicted molar refractivity (Wildman–Crippen MR) is 70.1 cm³/mol. The fourth-order valence-electron chi connectivity index (χ4n) is 2.50. The first-order chi connectivity index (χ1) is 8.24. The summed E-state index contributed by atoms with van der Waals surface area (Å²) in [6.45, 7) is 7.29. The van der Waals surface area contributed by atoms with Crippen LogP contribution in [0.5, 0.6) is 0 Å². The van der Waals surface area contributed by atoms with Gasteiger partial charge in [0.05, 0.1) is 0 Å². The molecule has 0 amide bonds. The number of anilines is 1. The van der Waals surface area contributed by atoms with Crippen LogP contribution in [0.2, 0.25) is 0 Å². The highest BCUT2D eigenvalue weighted by atomic mass is 19.1. The lowest BCUT2D eigenvalue weighted by atomic mass is 10.1. The van der Waals surface area contributed by atoms with Gasteiger partial charge in [-0.15, -0.1) is 0 Å². The maximum absolute atomic E-state index is 13.3. The fraction of sp³-hybridized carbons (Fsp3) is 0.571. The molecule has 0 aromatic heterocycles. The van der Waals surface area contributed by atoms with Crippen molar-refractivity contribution in [2.45, 2.75) is 32.7 Å². The molecule has 0 fully saturated rings. The molecule has 1 heterocycles. The standard InChI is InChI=1S/C14H21FN2/c1-3-13(16-4-2)10-17-8-7-11-5-6-12(15)9-14(11)17/h5-6,9,13,16H,3-4,7-8,10H2,1-2H3. The zero-order valence-electron chi connectivity index (χ0n) is 10.7. The van der Waals surface area contributed by atoms with Crippen LogP contribution in [0.25, 0.3) is 0 Å². The third kappa shape index (κ3) is 2.78. The Kier molecular flexibility index (Phi) is 4.00. The first-order valence-electron chi connectivity index (χ1n) is 6.51. The number of benzene rings is 1. The maximum atomic E-state index is 13.3. The van der Waals surface area contributed by atoms with Gasteiger partial charge in [-0.2, -0.15) is 0 Å². The SMILES string of the molecule is CCNC(CC)CN1CCc2ccc(F)cc21. The third-order valence-electron chi connectivity index (χ3n) is 3.47. The number of hydrogen-bond donors (Lipinski definition) is 1. The van der Waals surface area contributed by atoms with E-state index in [2.05, 4.69) is 24.1 Å². The van der Waals surface area contributed by atoms with E-state index < -0.39 is 0 Å². The monoisotopic (exact) mass is 236 g/mol. The van der Waals surface area contributed by atoms with Gasteiger partial charge in [-0.25, -0.2) is 4.39 Å². The normalized spacial score (nSPS) is 16.1. The molecule has 0 spiro atoms. The minimum absolute atomic E-state index is 0.132. The molecule has 1 atom stereocenters. The van der Waals surface area contributed by atoms with Crippen LogP contribution in [0.3, 0.4) is 0 Å². The Hall–Kier alpha value is -1.09. The molecule has 1 aromatic rings. The van der Waals surface area contributed by atoms with Gasteiger partial charge in [0, 0.05) is 24.8 Å². The first-order valence-corrected chi connectivity index (χ1v) is 6.51. The molecular weight excluding hydrogens is 215 g/mol. The highest BCUT2D eigenvalue weighted by Gasteiger charge is 2.21. The van der Waals surface area contributed by atoms with E-state index in [-0.39, 0.29) is 5.82 Å². The first kappa shape index (κ1) is 12.4. The van der Waals surface area contributed by atoms with Crippen molar-refractivity contribution in [1.82, 2.24) is 5.32 Å². The molecule has 0 saturated heterocycles. The lowest BCUT2D eigenvalue weighted by Gasteiger charge is -2.25. The van der Waals surface area contributed by atoms with E-state index in [0.717, 1.165) is 38.2 Å². The zero-order chi connectivity index (χ0) is 12.3. The van der Waals surface area contributed by atoms with Crippen LogP contribution in [0.1, 0.15) is 25.8 Å². The summed E-state index contributed by atoms with van der Waals surface area (Å²) in [6, 6.07) is 5.64. The van der Waals surface area contributed by atoms with E-state index in [1.165, 1.54) is 5.56 Å². The molecule has 17 heavy (non-hydrogen) atoms. The average molecular weight is 236 g/mol. The molecule has 94 valence electrons. The summed E-state index contributed by atoms with van der Waals surface area (Å²) in [7, 11) is 0. The number of hydrogen-bond acceptors (Lipinski definition) is 2. The third-order valence-corrected chi connectivity index (χ3v) is 3.47. The molecule has 0 bridgehead atoms. The van der Waals surface area contributed by atoms with Gasteiger partial charge in [0.2, 0.25) is 0 Å². The molecular formula is C14H21FN2. The van der Waals surface area contributed by atoms with E-state index in [4.69, 9.17) is 0 Å². The van der Waals surface area contributed by atoms with Gasteiger partial charge < -0.3 is 10.2 Å². The summed E-state index contributed by atoms with van der Waals surface area (Å²) in [4.78, 5) is 2.30. The molecule has 1 unspecified atom stereocenters. The molecule has 1 aliphatic rings. The minimum Gasteiger partial charge on any atom is -0.369 e. The largest absolute Gasteiger partial charge is 0.369 e. The minimum atomic E-state index is -0.132. The summed E-state index contributed by atoms with van der Waals surface area (Å²) < 4.78 is 13.3. The summed E-state index contributed by atoms with van der Waals surface area (Å²) in [6.07, 6.45) is 2.15. The second kappa shape index (κ2) is 5.50. The van der Waals surface area contributed by atoms with Crippen molar-refractivity contribution in [2.24, 2.45) is 0 Å². The van der Waals surface area contributed by atoms with Gasteiger partial charge in [-0.1, -0.05) is 19.9 Å². The molecule has 2 rings (SSSR count). The number of rotatable bonds is 5. The van der Waals surface area contributed by atoms with E-state index >= 15 is 0 Å². The van der Waals surface area contributed by atoms with Gasteiger partial charge in [0.15, 0.2) is 0 Å². The average Bonchev–Trinajstić information content (AvgIpc) is 2.71. The highest BCUT2D eigenvalue weighted by Crippen LogP contribution is 2.28. The Morgan fingerprint density at radius 2 is 2.24 bits per heavy atom. The lowest BCUT2D eigenvalue weighted by Crippen LogP contribution is -2.40. The Morgan fingerprint density at radius 1 is 1.41 bits per heavy atom. The van der Waals surface area contributed by atoms with Crippen LogP contribution >= 0.6 is 0 Å². The number of fused-ring (bicyclic) bond motifs is 1. The summed E-state index contributed by atoms with van der Waals surface area (Å²) in [5, 5.41) is 3.47. The second-order valence-electron chi connectivity index (χ2n) is 4.63. The Balaban J connectivity index is 2.08. The van der Waals surface area contributed by atoms with Gasteiger partial charge >= 0.3 is 0 Å². The van der Waals surface area contributed by atoms with Crippen molar-refractivity contribution < 1.29 is 4.39 Å².